The van der Waals surface area contributed by atoms with Gasteiger partial charge in [0, 0.05) is 19.2 Å². The fourth-order valence-corrected chi connectivity index (χ4v) is 3.37. The smallest absolute Gasteiger partial charge is 0.229 e. The van der Waals surface area contributed by atoms with Crippen molar-refractivity contribution in [2.75, 3.05) is 42.7 Å². The zero-order valence-electron chi connectivity index (χ0n) is 17.9. The van der Waals surface area contributed by atoms with Crippen LogP contribution in [0.3, 0.4) is 0 Å². The van der Waals surface area contributed by atoms with Crippen LogP contribution in [0.1, 0.15) is 31.0 Å². The Bertz CT molecular complexity index is 1010. The van der Waals surface area contributed by atoms with E-state index in [4.69, 9.17) is 0 Å². The van der Waals surface area contributed by atoms with Gasteiger partial charge in [0.25, 0.3) is 0 Å². The minimum atomic E-state index is -0.139. The fourth-order valence-electron chi connectivity index (χ4n) is 3.37. The number of benzene rings is 1. The summed E-state index contributed by atoms with van der Waals surface area (Å²) in [7, 11) is 3.94. The van der Waals surface area contributed by atoms with E-state index in [9.17, 15) is 10.1 Å². The molecule has 1 aromatic heterocycles. The summed E-state index contributed by atoms with van der Waals surface area (Å²) in [5.74, 6) is 0.753. The largest absolute Gasteiger partial charge is 0.339 e. The first-order valence-electron chi connectivity index (χ1n) is 10.0. The van der Waals surface area contributed by atoms with Gasteiger partial charge < -0.3 is 15.1 Å². The van der Waals surface area contributed by atoms with Crippen LogP contribution in [0, 0.1) is 18.3 Å². The number of hydrogen-bond donors (Lipinski definition) is 2. The molecule has 1 aliphatic heterocycles. The highest BCUT2D eigenvalue weighted by Gasteiger charge is 2.27. The zero-order chi connectivity index (χ0) is 21.7. The Balaban J connectivity index is 1.89. The van der Waals surface area contributed by atoms with E-state index in [1.807, 2.05) is 57.1 Å². The van der Waals surface area contributed by atoms with Gasteiger partial charge in [0.1, 0.15) is 17.5 Å². The minimum absolute atomic E-state index is 0.139. The Kier molecular flexibility index (Phi) is 6.65. The molecule has 0 radical (unpaired) electrons. The third-order valence-electron chi connectivity index (χ3n) is 4.85. The van der Waals surface area contributed by atoms with Gasteiger partial charge in [-0.3, -0.25) is 10.1 Å². The molecule has 0 saturated carbocycles. The number of hydrogen-bond acceptors (Lipinski definition) is 7. The molecule has 0 unspecified atom stereocenters. The second-order valence-electron chi connectivity index (χ2n) is 7.40. The molecule has 0 atom stereocenters. The van der Waals surface area contributed by atoms with E-state index in [2.05, 4.69) is 31.6 Å². The van der Waals surface area contributed by atoms with Crippen molar-refractivity contribution in [3.63, 3.8) is 0 Å². The molecule has 2 heterocycles. The van der Waals surface area contributed by atoms with Gasteiger partial charge in [-0.2, -0.15) is 5.26 Å². The average molecular weight is 406 g/mol. The number of nitrogens with zero attached hydrogens (tertiary/aromatic N) is 5. The Morgan fingerprint density at radius 3 is 2.80 bits per heavy atom. The molecule has 8 nitrogen and oxygen atoms in total. The van der Waals surface area contributed by atoms with Crippen LogP contribution in [0.15, 0.2) is 36.3 Å². The molecular weight excluding hydrogens is 378 g/mol. The van der Waals surface area contributed by atoms with Crippen molar-refractivity contribution < 1.29 is 4.79 Å². The molecule has 0 bridgehead atoms. The normalized spacial score (nSPS) is 14.2. The first-order chi connectivity index (χ1) is 14.4. The highest BCUT2D eigenvalue weighted by atomic mass is 16.1. The molecular formula is C22H27N7O. The second kappa shape index (κ2) is 9.37. The lowest BCUT2D eigenvalue weighted by molar-refractivity contribution is -0.116. The summed E-state index contributed by atoms with van der Waals surface area (Å²) in [5.41, 5.74) is 3.64. The third kappa shape index (κ3) is 4.58. The van der Waals surface area contributed by atoms with Crippen molar-refractivity contribution in [1.82, 2.24) is 14.9 Å². The molecule has 8 heteroatoms. The van der Waals surface area contributed by atoms with Gasteiger partial charge >= 0.3 is 0 Å². The SMILES string of the molecule is CCN1C(=C(C#N)c2nc(NC(=O)CCCN(C)C)ncc2C)Nc2ccccc21. The Hall–Kier alpha value is -3.44. The van der Waals surface area contributed by atoms with E-state index in [1.54, 1.807) is 6.20 Å². The first kappa shape index (κ1) is 21.3. The van der Waals surface area contributed by atoms with Crippen LogP contribution in [0.2, 0.25) is 0 Å². The number of carbonyl (C=O) groups excluding carboxylic acids is 1. The maximum atomic E-state index is 12.2. The maximum absolute atomic E-state index is 12.2. The Morgan fingerprint density at radius 1 is 1.33 bits per heavy atom. The third-order valence-corrected chi connectivity index (χ3v) is 4.85. The number of nitriles is 1. The molecule has 30 heavy (non-hydrogen) atoms. The van der Waals surface area contributed by atoms with Gasteiger partial charge in [0.15, 0.2) is 0 Å². The van der Waals surface area contributed by atoms with Crippen molar-refractivity contribution in [3.05, 3.63) is 47.5 Å². The highest BCUT2D eigenvalue weighted by molar-refractivity contribution is 5.92. The molecule has 3 rings (SSSR count). The lowest BCUT2D eigenvalue weighted by Gasteiger charge is -2.19. The summed E-state index contributed by atoms with van der Waals surface area (Å²) < 4.78 is 0. The number of anilines is 3. The minimum Gasteiger partial charge on any atom is -0.339 e. The summed E-state index contributed by atoms with van der Waals surface area (Å²) in [5, 5.41) is 16.1. The van der Waals surface area contributed by atoms with Crippen LogP contribution in [-0.2, 0) is 4.79 Å². The van der Waals surface area contributed by atoms with Crippen LogP contribution in [0.5, 0.6) is 0 Å². The predicted octanol–water partition coefficient (Wildman–Crippen LogP) is 3.21. The van der Waals surface area contributed by atoms with Crippen LogP contribution in [0.25, 0.3) is 5.57 Å². The van der Waals surface area contributed by atoms with Gasteiger partial charge in [-0.25, -0.2) is 9.97 Å². The topological polar surface area (TPSA) is 97.2 Å². The molecule has 1 amide bonds. The number of fused-ring (bicyclic) bond motifs is 1. The van der Waals surface area contributed by atoms with Crippen molar-refractivity contribution in [2.24, 2.45) is 0 Å². The predicted molar refractivity (Wildman–Crippen MR) is 119 cm³/mol. The summed E-state index contributed by atoms with van der Waals surface area (Å²) in [6.45, 7) is 5.42. The molecule has 1 aliphatic rings. The van der Waals surface area contributed by atoms with E-state index < -0.39 is 0 Å². The second-order valence-corrected chi connectivity index (χ2v) is 7.40. The van der Waals surface area contributed by atoms with Crippen LogP contribution >= 0.6 is 0 Å². The quantitative estimate of drug-likeness (QED) is 0.683. The van der Waals surface area contributed by atoms with Crippen molar-refractivity contribution in [3.8, 4) is 6.07 Å². The van der Waals surface area contributed by atoms with Gasteiger partial charge in [0.2, 0.25) is 11.9 Å². The fraction of sp³-hybridized carbons (Fsp3) is 0.364. The van der Waals surface area contributed by atoms with Crippen molar-refractivity contribution in [2.45, 2.75) is 26.7 Å². The molecule has 0 spiro atoms. The number of rotatable bonds is 7. The van der Waals surface area contributed by atoms with Gasteiger partial charge in [-0.15, -0.1) is 0 Å². The Morgan fingerprint density at radius 2 is 2.10 bits per heavy atom. The molecule has 156 valence electrons. The summed E-state index contributed by atoms with van der Waals surface area (Å²) in [6, 6.07) is 10.2. The van der Waals surface area contributed by atoms with Gasteiger partial charge in [-0.1, -0.05) is 12.1 Å². The molecule has 0 aliphatic carbocycles. The number of carbonyl (C=O) groups is 1. The maximum Gasteiger partial charge on any atom is 0.229 e. The summed E-state index contributed by atoms with van der Waals surface area (Å²) >= 11 is 0. The summed E-state index contributed by atoms with van der Waals surface area (Å²) in [4.78, 5) is 25.0. The van der Waals surface area contributed by atoms with Crippen LogP contribution in [0.4, 0.5) is 17.3 Å². The number of nitrogens with one attached hydrogen (secondary N) is 2. The van der Waals surface area contributed by atoms with Crippen molar-refractivity contribution in [1.29, 1.82) is 5.26 Å². The molecule has 0 fully saturated rings. The number of amides is 1. The lowest BCUT2D eigenvalue weighted by atomic mass is 10.1. The number of aromatic nitrogens is 2. The molecule has 2 N–H and O–H groups in total. The van der Waals surface area contributed by atoms with Crippen molar-refractivity contribution >= 4 is 28.8 Å². The van der Waals surface area contributed by atoms with E-state index in [-0.39, 0.29) is 11.9 Å². The average Bonchev–Trinajstić information content (AvgIpc) is 3.08. The van der Waals surface area contributed by atoms with E-state index in [1.165, 1.54) is 0 Å². The number of aryl methyl sites for hydroxylation is 1. The zero-order valence-corrected chi connectivity index (χ0v) is 17.9. The Labute approximate surface area is 177 Å². The van der Waals surface area contributed by atoms with E-state index in [0.717, 1.165) is 29.9 Å². The molecule has 0 saturated heterocycles. The van der Waals surface area contributed by atoms with E-state index in [0.29, 0.717) is 30.1 Å². The first-order valence-corrected chi connectivity index (χ1v) is 10.0. The number of allylic oxidation sites excluding steroid dienone is 1. The molecule has 1 aromatic carbocycles. The standard InChI is InChI=1S/C22H27N7O/c1-5-29-18-10-7-6-9-17(18)25-21(29)16(13-23)20-15(2)14-24-22(27-20)26-19(30)11-8-12-28(3)4/h6-7,9-10,14,25H,5,8,11-12H2,1-4H3,(H,24,26,27,30). The van der Waals surface area contributed by atoms with Gasteiger partial charge in [-0.05, 0) is 58.6 Å². The van der Waals surface area contributed by atoms with Gasteiger partial charge in [0.05, 0.1) is 17.1 Å². The highest BCUT2D eigenvalue weighted by Crippen LogP contribution is 2.38. The van der Waals surface area contributed by atoms with Crippen LogP contribution in [-0.4, -0.2) is 48.0 Å². The number of para-hydroxylation sites is 2. The lowest BCUT2D eigenvalue weighted by Crippen LogP contribution is -2.22. The van der Waals surface area contributed by atoms with E-state index >= 15 is 0 Å². The monoisotopic (exact) mass is 405 g/mol. The molecule has 2 aromatic rings. The summed E-state index contributed by atoms with van der Waals surface area (Å²) in [6.07, 6.45) is 2.77. The van der Waals surface area contributed by atoms with Crippen LogP contribution < -0.4 is 15.5 Å².